The molecule has 0 aliphatic rings. The third kappa shape index (κ3) is 4.12. The highest BCUT2D eigenvalue weighted by atomic mass is 16.3. The Labute approximate surface area is 89.7 Å². The van der Waals surface area contributed by atoms with Gasteiger partial charge in [0.15, 0.2) is 0 Å². The molecule has 0 fully saturated rings. The van der Waals surface area contributed by atoms with E-state index in [4.69, 9.17) is 5.73 Å². The monoisotopic (exact) mass is 210 g/mol. The molecule has 0 aliphatic carbocycles. The van der Waals surface area contributed by atoms with Crippen LogP contribution in [0.25, 0.3) is 0 Å². The van der Waals surface area contributed by atoms with Crippen molar-refractivity contribution in [2.24, 2.45) is 0 Å². The first-order chi connectivity index (χ1) is 7.03. The van der Waals surface area contributed by atoms with E-state index < -0.39 is 5.60 Å². The lowest BCUT2D eigenvalue weighted by atomic mass is 10.0. The molecule has 0 bridgehead atoms. The molecule has 84 valence electrons. The number of anilines is 2. The first-order valence-electron chi connectivity index (χ1n) is 5.07. The number of nitrogen functional groups attached to an aromatic ring is 1. The summed E-state index contributed by atoms with van der Waals surface area (Å²) in [7, 11) is 0. The van der Waals surface area contributed by atoms with E-state index in [9.17, 15) is 5.11 Å². The van der Waals surface area contributed by atoms with Gasteiger partial charge in [0, 0.05) is 12.6 Å². The largest absolute Gasteiger partial charge is 0.388 e. The highest BCUT2D eigenvalue weighted by molar-refractivity contribution is 5.43. The summed E-state index contributed by atoms with van der Waals surface area (Å²) in [4.78, 5) is 7.77. The van der Waals surface area contributed by atoms with Gasteiger partial charge in [0.05, 0.1) is 5.60 Å². The fourth-order valence-electron chi connectivity index (χ4n) is 1.38. The maximum absolute atomic E-state index is 9.91. The number of nitrogens with zero attached hydrogens (tertiary/aromatic N) is 2. The summed E-state index contributed by atoms with van der Waals surface area (Å²) in [6, 6.07) is 1.64. The average Bonchev–Trinajstić information content (AvgIpc) is 2.15. The number of hydrogen-bond acceptors (Lipinski definition) is 5. The smallest absolute Gasteiger partial charge is 0.131 e. The van der Waals surface area contributed by atoms with Gasteiger partial charge >= 0.3 is 0 Å². The van der Waals surface area contributed by atoms with E-state index >= 15 is 0 Å². The number of aliphatic hydroxyl groups is 1. The molecule has 15 heavy (non-hydrogen) atoms. The van der Waals surface area contributed by atoms with E-state index in [1.165, 1.54) is 6.33 Å². The van der Waals surface area contributed by atoms with Crippen molar-refractivity contribution in [3.05, 3.63) is 12.4 Å². The Hall–Kier alpha value is -1.36. The molecular formula is C10H18N4O. The van der Waals surface area contributed by atoms with Crippen LogP contribution in [0.2, 0.25) is 0 Å². The van der Waals surface area contributed by atoms with Crippen LogP contribution >= 0.6 is 0 Å². The Morgan fingerprint density at radius 3 is 2.87 bits per heavy atom. The van der Waals surface area contributed by atoms with Gasteiger partial charge in [0.1, 0.15) is 18.0 Å². The van der Waals surface area contributed by atoms with E-state index in [0.717, 1.165) is 12.8 Å². The van der Waals surface area contributed by atoms with Gasteiger partial charge in [-0.15, -0.1) is 0 Å². The van der Waals surface area contributed by atoms with Crippen molar-refractivity contribution >= 4 is 11.6 Å². The van der Waals surface area contributed by atoms with Crippen molar-refractivity contribution in [3.8, 4) is 0 Å². The molecule has 1 heterocycles. The maximum atomic E-state index is 9.91. The van der Waals surface area contributed by atoms with Gasteiger partial charge in [-0.05, 0) is 13.3 Å². The van der Waals surface area contributed by atoms with Crippen LogP contribution in [-0.4, -0.2) is 27.2 Å². The summed E-state index contributed by atoms with van der Waals surface area (Å²) in [6.07, 6.45) is 3.09. The normalized spacial score (nSPS) is 14.6. The third-order valence-electron chi connectivity index (χ3n) is 2.13. The Morgan fingerprint density at radius 1 is 1.53 bits per heavy atom. The Bertz CT molecular complexity index is 314. The van der Waals surface area contributed by atoms with Gasteiger partial charge in [-0.1, -0.05) is 13.3 Å². The lowest BCUT2D eigenvalue weighted by Gasteiger charge is -2.23. The van der Waals surface area contributed by atoms with Gasteiger partial charge < -0.3 is 16.2 Å². The van der Waals surface area contributed by atoms with Gasteiger partial charge in [0.25, 0.3) is 0 Å². The van der Waals surface area contributed by atoms with Crippen LogP contribution in [-0.2, 0) is 0 Å². The van der Waals surface area contributed by atoms with E-state index in [1.807, 2.05) is 6.92 Å². The molecular weight excluding hydrogens is 192 g/mol. The molecule has 0 aliphatic heterocycles. The zero-order valence-electron chi connectivity index (χ0n) is 9.20. The van der Waals surface area contributed by atoms with Crippen LogP contribution in [0.3, 0.4) is 0 Å². The lowest BCUT2D eigenvalue weighted by Crippen LogP contribution is -2.33. The molecule has 0 saturated heterocycles. The van der Waals surface area contributed by atoms with E-state index in [1.54, 1.807) is 13.0 Å². The maximum Gasteiger partial charge on any atom is 0.131 e. The third-order valence-corrected chi connectivity index (χ3v) is 2.13. The SMILES string of the molecule is CCCC(C)(O)CNc1cc(N)ncn1. The summed E-state index contributed by atoms with van der Waals surface area (Å²) in [5, 5.41) is 12.9. The van der Waals surface area contributed by atoms with Crippen LogP contribution in [0, 0.1) is 0 Å². The first-order valence-corrected chi connectivity index (χ1v) is 5.07. The van der Waals surface area contributed by atoms with E-state index in [2.05, 4.69) is 15.3 Å². The van der Waals surface area contributed by atoms with Crippen LogP contribution in [0.15, 0.2) is 12.4 Å². The minimum Gasteiger partial charge on any atom is -0.388 e. The Kier molecular flexibility index (Phi) is 3.85. The molecule has 4 N–H and O–H groups in total. The summed E-state index contributed by atoms with van der Waals surface area (Å²) in [5.74, 6) is 1.06. The van der Waals surface area contributed by atoms with E-state index in [-0.39, 0.29) is 0 Å². The molecule has 0 spiro atoms. The fourth-order valence-corrected chi connectivity index (χ4v) is 1.38. The second kappa shape index (κ2) is 4.93. The molecule has 1 rings (SSSR count). The molecule has 1 atom stereocenters. The van der Waals surface area contributed by atoms with Crippen molar-refractivity contribution in [3.63, 3.8) is 0 Å². The topological polar surface area (TPSA) is 84.1 Å². The second-order valence-corrected chi connectivity index (χ2v) is 3.93. The van der Waals surface area contributed by atoms with Gasteiger partial charge in [0.2, 0.25) is 0 Å². The number of rotatable bonds is 5. The van der Waals surface area contributed by atoms with Gasteiger partial charge in [-0.25, -0.2) is 9.97 Å². The fraction of sp³-hybridized carbons (Fsp3) is 0.600. The van der Waals surface area contributed by atoms with E-state index in [0.29, 0.717) is 18.2 Å². The zero-order valence-corrected chi connectivity index (χ0v) is 9.20. The highest BCUT2D eigenvalue weighted by Crippen LogP contribution is 2.13. The van der Waals surface area contributed by atoms with Crippen LogP contribution < -0.4 is 11.1 Å². The molecule has 0 saturated carbocycles. The van der Waals surface area contributed by atoms with Crippen LogP contribution in [0.1, 0.15) is 26.7 Å². The minimum absolute atomic E-state index is 0.419. The average molecular weight is 210 g/mol. The number of nitrogens with one attached hydrogen (secondary N) is 1. The van der Waals surface area contributed by atoms with Crippen molar-refractivity contribution in [1.29, 1.82) is 0 Å². The zero-order chi connectivity index (χ0) is 11.3. The Morgan fingerprint density at radius 2 is 2.27 bits per heavy atom. The molecule has 5 heteroatoms. The lowest BCUT2D eigenvalue weighted by molar-refractivity contribution is 0.0636. The highest BCUT2D eigenvalue weighted by Gasteiger charge is 2.18. The van der Waals surface area contributed by atoms with Crippen LogP contribution in [0.5, 0.6) is 0 Å². The molecule has 5 nitrogen and oxygen atoms in total. The number of aromatic nitrogens is 2. The number of nitrogens with two attached hydrogens (primary N) is 1. The summed E-state index contributed by atoms with van der Waals surface area (Å²) >= 11 is 0. The Balaban J connectivity index is 2.49. The van der Waals surface area contributed by atoms with Crippen molar-refractivity contribution in [2.75, 3.05) is 17.6 Å². The molecule has 0 radical (unpaired) electrons. The van der Waals surface area contributed by atoms with Gasteiger partial charge in [-0.2, -0.15) is 0 Å². The summed E-state index contributed by atoms with van der Waals surface area (Å²) < 4.78 is 0. The molecule has 1 aromatic heterocycles. The molecule has 1 aromatic rings. The summed E-state index contributed by atoms with van der Waals surface area (Å²) in [5.41, 5.74) is 4.79. The molecule has 0 aromatic carbocycles. The first kappa shape index (κ1) is 11.7. The minimum atomic E-state index is -0.714. The predicted molar refractivity (Wildman–Crippen MR) is 60.5 cm³/mol. The second-order valence-electron chi connectivity index (χ2n) is 3.93. The molecule has 0 amide bonds. The molecule has 1 unspecified atom stereocenters. The number of hydrogen-bond donors (Lipinski definition) is 3. The standard InChI is InChI=1S/C10H18N4O/c1-3-4-10(2,15)6-12-9-5-8(11)13-7-14-9/h5,7,15H,3-4,6H2,1-2H3,(H3,11,12,13,14). The van der Waals surface area contributed by atoms with Crippen molar-refractivity contribution < 1.29 is 5.11 Å². The van der Waals surface area contributed by atoms with Gasteiger partial charge in [-0.3, -0.25) is 0 Å². The summed E-state index contributed by atoms with van der Waals surface area (Å²) in [6.45, 7) is 4.29. The quantitative estimate of drug-likeness (QED) is 0.675. The van der Waals surface area contributed by atoms with Crippen molar-refractivity contribution in [2.45, 2.75) is 32.3 Å². The van der Waals surface area contributed by atoms with Crippen LogP contribution in [0.4, 0.5) is 11.6 Å². The van der Waals surface area contributed by atoms with Crippen molar-refractivity contribution in [1.82, 2.24) is 9.97 Å². The predicted octanol–water partition coefficient (Wildman–Crippen LogP) is 1.02.